The van der Waals surface area contributed by atoms with E-state index in [0.29, 0.717) is 11.4 Å². The van der Waals surface area contributed by atoms with Crippen LogP contribution in [-0.4, -0.2) is 20.1 Å². The molecule has 0 spiro atoms. The first-order valence-corrected chi connectivity index (χ1v) is 15.3. The van der Waals surface area contributed by atoms with E-state index in [1.807, 2.05) is 30.3 Å². The van der Waals surface area contributed by atoms with Crippen molar-refractivity contribution < 1.29 is 5.11 Å². The second-order valence-corrected chi connectivity index (χ2v) is 11.0. The van der Waals surface area contributed by atoms with Gasteiger partial charge in [-0.15, -0.1) is 15.0 Å². The van der Waals surface area contributed by atoms with Crippen molar-refractivity contribution >= 4 is 11.0 Å². The number of aryl methyl sites for hydroxylation is 2. The SMILES string of the molecule is CCCCCCCCCCCCCCCCCCCCc1cc(C)cc(-n2nc3ccccc3n2)c1O. The lowest BCUT2D eigenvalue weighted by Crippen LogP contribution is -2.02. The second kappa shape index (κ2) is 17.2. The van der Waals surface area contributed by atoms with Crippen molar-refractivity contribution in [1.29, 1.82) is 0 Å². The molecule has 0 fully saturated rings. The Morgan fingerprint density at radius 1 is 0.622 bits per heavy atom. The molecule has 204 valence electrons. The van der Waals surface area contributed by atoms with Gasteiger partial charge >= 0.3 is 0 Å². The molecule has 0 unspecified atom stereocenters. The molecule has 0 bridgehead atoms. The first kappa shape index (κ1) is 29.2. The Morgan fingerprint density at radius 2 is 1.05 bits per heavy atom. The molecule has 0 aliphatic rings. The fraction of sp³-hybridized carbons (Fsp3) is 0.636. The predicted octanol–water partition coefficient (Wildman–Crippen LogP) is 10.0. The van der Waals surface area contributed by atoms with Gasteiger partial charge in [0, 0.05) is 0 Å². The first-order chi connectivity index (χ1) is 18.2. The maximum atomic E-state index is 10.9. The summed E-state index contributed by atoms with van der Waals surface area (Å²) in [5.74, 6) is 0.317. The van der Waals surface area contributed by atoms with Gasteiger partial charge in [-0.25, -0.2) is 0 Å². The summed E-state index contributed by atoms with van der Waals surface area (Å²) in [6, 6.07) is 11.9. The number of benzene rings is 2. The van der Waals surface area contributed by atoms with E-state index in [1.165, 1.54) is 109 Å². The minimum Gasteiger partial charge on any atom is -0.505 e. The Balaban J connectivity index is 1.22. The zero-order valence-corrected chi connectivity index (χ0v) is 23.7. The van der Waals surface area contributed by atoms with Crippen LogP contribution in [0.1, 0.15) is 134 Å². The normalized spacial score (nSPS) is 11.5. The topological polar surface area (TPSA) is 50.9 Å². The van der Waals surface area contributed by atoms with Crippen LogP contribution in [0.25, 0.3) is 16.7 Å². The average Bonchev–Trinajstić information content (AvgIpc) is 3.34. The Labute approximate surface area is 225 Å². The minimum atomic E-state index is 0.317. The highest BCUT2D eigenvalue weighted by Gasteiger charge is 2.13. The third-order valence-electron chi connectivity index (χ3n) is 7.61. The second-order valence-electron chi connectivity index (χ2n) is 11.0. The average molecular weight is 506 g/mol. The molecule has 0 radical (unpaired) electrons. The number of fused-ring (bicyclic) bond motifs is 1. The van der Waals surface area contributed by atoms with Crippen LogP contribution in [0.4, 0.5) is 0 Å². The zero-order valence-electron chi connectivity index (χ0n) is 23.7. The molecule has 0 saturated heterocycles. The summed E-state index contributed by atoms with van der Waals surface area (Å²) in [6.07, 6.45) is 25.8. The van der Waals surface area contributed by atoms with Crippen molar-refractivity contribution in [3.05, 3.63) is 47.5 Å². The summed E-state index contributed by atoms with van der Waals surface area (Å²) in [5.41, 5.74) is 4.50. The Kier molecular flexibility index (Phi) is 13.6. The summed E-state index contributed by atoms with van der Waals surface area (Å²) >= 11 is 0. The molecule has 0 atom stereocenters. The van der Waals surface area contributed by atoms with Crippen molar-refractivity contribution in [2.45, 2.75) is 136 Å². The van der Waals surface area contributed by atoms with Crippen LogP contribution in [0.5, 0.6) is 5.75 Å². The Hall–Kier alpha value is -2.36. The molecule has 3 aromatic rings. The van der Waals surface area contributed by atoms with Gasteiger partial charge in [0.25, 0.3) is 0 Å². The van der Waals surface area contributed by atoms with Crippen LogP contribution in [0, 0.1) is 6.92 Å². The number of phenolic OH excluding ortho intramolecular Hbond substituents is 1. The number of hydrogen-bond acceptors (Lipinski definition) is 3. The molecule has 0 aliphatic carbocycles. The van der Waals surface area contributed by atoms with E-state index in [4.69, 9.17) is 0 Å². The molecule has 1 heterocycles. The number of phenols is 1. The Morgan fingerprint density at radius 3 is 1.51 bits per heavy atom. The van der Waals surface area contributed by atoms with Crippen LogP contribution in [0.3, 0.4) is 0 Å². The highest BCUT2D eigenvalue weighted by Crippen LogP contribution is 2.29. The van der Waals surface area contributed by atoms with Gasteiger partial charge in [0.15, 0.2) is 0 Å². The molecule has 2 aromatic carbocycles. The molecule has 0 amide bonds. The van der Waals surface area contributed by atoms with Crippen LogP contribution < -0.4 is 0 Å². The predicted molar refractivity (Wildman–Crippen MR) is 158 cm³/mol. The van der Waals surface area contributed by atoms with Gasteiger partial charge in [0.2, 0.25) is 0 Å². The quantitative estimate of drug-likeness (QED) is 0.155. The molecule has 37 heavy (non-hydrogen) atoms. The molecule has 4 heteroatoms. The van der Waals surface area contributed by atoms with E-state index >= 15 is 0 Å². The van der Waals surface area contributed by atoms with Crippen LogP contribution in [0.15, 0.2) is 36.4 Å². The van der Waals surface area contributed by atoms with E-state index in [-0.39, 0.29) is 0 Å². The molecular formula is C33H51N3O. The summed E-state index contributed by atoms with van der Waals surface area (Å²) in [6.45, 7) is 4.37. The van der Waals surface area contributed by atoms with Gasteiger partial charge in [-0.05, 0) is 49.1 Å². The van der Waals surface area contributed by atoms with Crippen LogP contribution in [-0.2, 0) is 6.42 Å². The summed E-state index contributed by atoms with van der Waals surface area (Å²) in [5, 5.41) is 20.0. The molecule has 4 nitrogen and oxygen atoms in total. The number of aromatic nitrogens is 3. The third kappa shape index (κ3) is 10.5. The van der Waals surface area contributed by atoms with E-state index < -0.39 is 0 Å². The highest BCUT2D eigenvalue weighted by molar-refractivity contribution is 5.73. The molecule has 1 aromatic heterocycles. The molecule has 0 aliphatic heterocycles. The summed E-state index contributed by atoms with van der Waals surface area (Å²) in [7, 11) is 0. The highest BCUT2D eigenvalue weighted by atomic mass is 16.3. The standard InChI is InChI=1S/C33H51N3O/c1-3-4-5-6-7-8-9-10-11-12-13-14-15-16-17-18-19-20-23-29-26-28(2)27-32(33(29)37)36-34-30-24-21-22-25-31(30)35-36/h21-22,24-27,37H,3-20,23H2,1-2H3. The summed E-state index contributed by atoms with van der Waals surface area (Å²) < 4.78 is 0. The van der Waals surface area contributed by atoms with Gasteiger partial charge in [-0.2, -0.15) is 0 Å². The molecular weight excluding hydrogens is 454 g/mol. The van der Waals surface area contributed by atoms with Gasteiger partial charge in [-0.3, -0.25) is 0 Å². The van der Waals surface area contributed by atoms with E-state index in [9.17, 15) is 5.11 Å². The van der Waals surface area contributed by atoms with Gasteiger partial charge < -0.3 is 5.11 Å². The number of aromatic hydroxyl groups is 1. The van der Waals surface area contributed by atoms with Crippen molar-refractivity contribution in [2.24, 2.45) is 0 Å². The summed E-state index contributed by atoms with van der Waals surface area (Å²) in [4.78, 5) is 1.58. The fourth-order valence-corrected chi connectivity index (χ4v) is 5.36. The lowest BCUT2D eigenvalue weighted by molar-refractivity contribution is 0.458. The van der Waals surface area contributed by atoms with Crippen LogP contribution in [0.2, 0.25) is 0 Å². The smallest absolute Gasteiger partial charge is 0.146 e. The van der Waals surface area contributed by atoms with Crippen molar-refractivity contribution in [2.75, 3.05) is 0 Å². The minimum absolute atomic E-state index is 0.317. The molecule has 3 rings (SSSR count). The van der Waals surface area contributed by atoms with Crippen molar-refractivity contribution in [1.82, 2.24) is 15.0 Å². The number of rotatable bonds is 20. The number of nitrogens with zero attached hydrogens (tertiary/aromatic N) is 3. The zero-order chi connectivity index (χ0) is 26.1. The molecule has 0 saturated carbocycles. The molecule has 1 N–H and O–H groups in total. The van der Waals surface area contributed by atoms with Gasteiger partial charge in [0.1, 0.15) is 22.5 Å². The van der Waals surface area contributed by atoms with E-state index in [1.54, 1.807) is 4.80 Å². The van der Waals surface area contributed by atoms with Crippen molar-refractivity contribution in [3.63, 3.8) is 0 Å². The Bertz CT molecular complexity index is 993. The lowest BCUT2D eigenvalue weighted by atomic mass is 10.0. The lowest BCUT2D eigenvalue weighted by Gasteiger charge is -2.11. The van der Waals surface area contributed by atoms with Crippen LogP contribution >= 0.6 is 0 Å². The van der Waals surface area contributed by atoms with Crippen molar-refractivity contribution in [3.8, 4) is 11.4 Å². The van der Waals surface area contributed by atoms with Gasteiger partial charge in [-0.1, -0.05) is 134 Å². The van der Waals surface area contributed by atoms with E-state index in [2.05, 4.69) is 30.1 Å². The maximum absolute atomic E-state index is 10.9. The number of hydrogen-bond donors (Lipinski definition) is 1. The first-order valence-electron chi connectivity index (χ1n) is 15.3. The maximum Gasteiger partial charge on any atom is 0.146 e. The van der Waals surface area contributed by atoms with Gasteiger partial charge in [0.05, 0.1) is 0 Å². The number of unbranched alkanes of at least 4 members (excludes halogenated alkanes) is 17. The largest absolute Gasteiger partial charge is 0.505 e. The third-order valence-corrected chi connectivity index (χ3v) is 7.61. The van der Waals surface area contributed by atoms with E-state index in [0.717, 1.165) is 35.0 Å². The monoisotopic (exact) mass is 505 g/mol. The fourth-order valence-electron chi connectivity index (χ4n) is 5.36.